The number of imidazole rings is 1. The molecule has 9 nitrogen and oxygen atoms in total. The van der Waals surface area contributed by atoms with Crippen molar-refractivity contribution in [1.29, 1.82) is 0 Å². The second kappa shape index (κ2) is 9.49. The molecular weight excluding hydrogens is 396 g/mol. The van der Waals surface area contributed by atoms with Gasteiger partial charge in [-0.15, -0.1) is 0 Å². The Kier molecular flexibility index (Phi) is 7.01. The molecule has 1 N–H and O–H groups in total. The SMILES string of the molecule is COCCOCC(=O)N[C@H]1CN(S(=O)(=O)c2cn(C)cn2)C[C@@H]1c1ccccc1. The van der Waals surface area contributed by atoms with Crippen molar-refractivity contribution in [2.75, 3.05) is 40.0 Å². The van der Waals surface area contributed by atoms with Crippen LogP contribution in [0.3, 0.4) is 0 Å². The number of methoxy groups -OCH3 is 1. The minimum absolute atomic E-state index is 0.00156. The molecule has 10 heteroatoms. The Balaban J connectivity index is 1.75. The quantitative estimate of drug-likeness (QED) is 0.585. The van der Waals surface area contributed by atoms with Crippen molar-refractivity contribution in [1.82, 2.24) is 19.2 Å². The van der Waals surface area contributed by atoms with Gasteiger partial charge in [-0.25, -0.2) is 13.4 Å². The standard InChI is InChI=1S/C19H26N4O5S/c1-22-12-19(20-14-22)29(25,26)23-10-16(15-6-4-3-5-7-15)17(11-23)21-18(24)13-28-9-8-27-2/h3-7,12,14,16-17H,8-11,13H2,1-2H3,(H,21,24)/t16-,17+/m1/s1. The Bertz CT molecular complexity index is 916. The van der Waals surface area contributed by atoms with Gasteiger partial charge in [0.15, 0.2) is 5.03 Å². The molecule has 2 atom stereocenters. The number of amides is 1. The minimum Gasteiger partial charge on any atom is -0.382 e. The normalized spacial score (nSPS) is 20.1. The van der Waals surface area contributed by atoms with E-state index in [9.17, 15) is 13.2 Å². The number of rotatable bonds is 9. The maximum atomic E-state index is 13.0. The van der Waals surface area contributed by atoms with E-state index in [1.165, 1.54) is 16.8 Å². The molecule has 2 heterocycles. The van der Waals surface area contributed by atoms with Crippen molar-refractivity contribution in [3.8, 4) is 0 Å². The number of aromatic nitrogens is 2. The number of carbonyl (C=O) groups excluding carboxylic acids is 1. The van der Waals surface area contributed by atoms with Gasteiger partial charge in [-0.3, -0.25) is 4.79 Å². The fraction of sp³-hybridized carbons (Fsp3) is 0.474. The lowest BCUT2D eigenvalue weighted by molar-refractivity contribution is -0.126. The third kappa shape index (κ3) is 5.21. The zero-order chi connectivity index (χ0) is 20.9. The van der Waals surface area contributed by atoms with E-state index in [0.29, 0.717) is 13.2 Å². The van der Waals surface area contributed by atoms with Gasteiger partial charge in [-0.2, -0.15) is 4.31 Å². The third-order valence-electron chi connectivity index (χ3n) is 4.81. The maximum absolute atomic E-state index is 13.0. The molecule has 1 fully saturated rings. The largest absolute Gasteiger partial charge is 0.382 e. The first-order valence-electron chi connectivity index (χ1n) is 9.31. The van der Waals surface area contributed by atoms with Crippen LogP contribution in [0.5, 0.6) is 0 Å². The zero-order valence-electron chi connectivity index (χ0n) is 16.5. The van der Waals surface area contributed by atoms with Crippen molar-refractivity contribution < 1.29 is 22.7 Å². The number of nitrogens with zero attached hydrogens (tertiary/aromatic N) is 3. The zero-order valence-corrected chi connectivity index (χ0v) is 17.3. The van der Waals surface area contributed by atoms with Crippen molar-refractivity contribution in [2.24, 2.45) is 7.05 Å². The van der Waals surface area contributed by atoms with Gasteiger partial charge in [0.1, 0.15) is 6.61 Å². The highest BCUT2D eigenvalue weighted by atomic mass is 32.2. The molecule has 0 radical (unpaired) electrons. The van der Waals surface area contributed by atoms with Crippen LogP contribution >= 0.6 is 0 Å². The van der Waals surface area contributed by atoms with E-state index < -0.39 is 10.0 Å². The van der Waals surface area contributed by atoms with Crippen molar-refractivity contribution in [3.05, 3.63) is 48.4 Å². The Morgan fingerprint density at radius 2 is 2.00 bits per heavy atom. The maximum Gasteiger partial charge on any atom is 0.262 e. The molecule has 0 bridgehead atoms. The average Bonchev–Trinajstić information content (AvgIpc) is 3.33. The Morgan fingerprint density at radius 1 is 1.24 bits per heavy atom. The first-order chi connectivity index (χ1) is 13.9. The molecule has 158 valence electrons. The van der Waals surface area contributed by atoms with Crippen LogP contribution in [0.4, 0.5) is 0 Å². The van der Waals surface area contributed by atoms with Crippen LogP contribution in [-0.4, -0.2) is 74.2 Å². The molecule has 0 unspecified atom stereocenters. The predicted molar refractivity (Wildman–Crippen MR) is 106 cm³/mol. The number of carbonyl (C=O) groups is 1. The van der Waals surface area contributed by atoms with E-state index in [-0.39, 0.29) is 42.6 Å². The van der Waals surface area contributed by atoms with Gasteiger partial charge >= 0.3 is 0 Å². The monoisotopic (exact) mass is 422 g/mol. The number of sulfonamides is 1. The summed E-state index contributed by atoms with van der Waals surface area (Å²) in [4.78, 5) is 16.3. The molecule has 1 aliphatic rings. The Labute approximate surface area is 170 Å². The second-order valence-corrected chi connectivity index (χ2v) is 8.82. The van der Waals surface area contributed by atoms with Crippen molar-refractivity contribution in [2.45, 2.75) is 17.0 Å². The van der Waals surface area contributed by atoms with Gasteiger partial charge < -0.3 is 19.4 Å². The summed E-state index contributed by atoms with van der Waals surface area (Å²) < 4.78 is 39.1. The van der Waals surface area contributed by atoms with Gasteiger partial charge in [-0.1, -0.05) is 30.3 Å². The molecule has 1 aliphatic heterocycles. The summed E-state index contributed by atoms with van der Waals surface area (Å²) in [6.45, 7) is 1.05. The molecule has 1 aromatic carbocycles. The number of ether oxygens (including phenoxy) is 2. The van der Waals surface area contributed by atoms with Crippen molar-refractivity contribution in [3.63, 3.8) is 0 Å². The number of aryl methyl sites for hydroxylation is 1. The predicted octanol–water partition coefficient (Wildman–Crippen LogP) is 0.356. The highest BCUT2D eigenvalue weighted by molar-refractivity contribution is 7.89. The van der Waals surface area contributed by atoms with E-state index in [4.69, 9.17) is 9.47 Å². The first kappa shape index (κ1) is 21.4. The lowest BCUT2D eigenvalue weighted by Crippen LogP contribution is -2.42. The molecule has 3 rings (SSSR count). The van der Waals surface area contributed by atoms with E-state index in [2.05, 4.69) is 10.3 Å². The van der Waals surface area contributed by atoms with Gasteiger partial charge in [0.2, 0.25) is 5.91 Å². The van der Waals surface area contributed by atoms with Crippen molar-refractivity contribution >= 4 is 15.9 Å². The minimum atomic E-state index is -3.75. The van der Waals surface area contributed by atoms with Crippen LogP contribution in [0.2, 0.25) is 0 Å². The molecule has 2 aromatic rings. The molecule has 1 amide bonds. The summed E-state index contributed by atoms with van der Waals surface area (Å²) in [5, 5.41) is 2.93. The summed E-state index contributed by atoms with van der Waals surface area (Å²) in [6.07, 6.45) is 2.93. The first-order valence-corrected chi connectivity index (χ1v) is 10.7. The smallest absolute Gasteiger partial charge is 0.262 e. The molecule has 0 aliphatic carbocycles. The highest BCUT2D eigenvalue weighted by Gasteiger charge is 2.41. The van der Waals surface area contributed by atoms with Gasteiger partial charge in [-0.05, 0) is 5.56 Å². The molecule has 29 heavy (non-hydrogen) atoms. The van der Waals surface area contributed by atoms with E-state index in [1.807, 2.05) is 30.3 Å². The second-order valence-electron chi connectivity index (χ2n) is 6.94. The molecular formula is C19H26N4O5S. The van der Waals surface area contributed by atoms with E-state index in [1.54, 1.807) is 18.7 Å². The fourth-order valence-corrected chi connectivity index (χ4v) is 4.82. The van der Waals surface area contributed by atoms with Crippen LogP contribution in [0, 0.1) is 0 Å². The van der Waals surface area contributed by atoms with Crippen LogP contribution in [0.15, 0.2) is 47.9 Å². The Morgan fingerprint density at radius 3 is 2.66 bits per heavy atom. The van der Waals surface area contributed by atoms with Gasteiger partial charge in [0.25, 0.3) is 10.0 Å². The Hall–Kier alpha value is -2.27. The van der Waals surface area contributed by atoms with E-state index >= 15 is 0 Å². The summed E-state index contributed by atoms with van der Waals surface area (Å²) in [5.74, 6) is -0.457. The fourth-order valence-electron chi connectivity index (χ4n) is 3.36. The highest BCUT2D eigenvalue weighted by Crippen LogP contribution is 2.31. The molecule has 1 aromatic heterocycles. The summed E-state index contributed by atoms with van der Waals surface area (Å²) >= 11 is 0. The van der Waals surface area contributed by atoms with Crippen LogP contribution in [0.1, 0.15) is 11.5 Å². The molecule has 0 saturated carbocycles. The number of hydrogen-bond donors (Lipinski definition) is 1. The van der Waals surface area contributed by atoms with E-state index in [0.717, 1.165) is 5.56 Å². The van der Waals surface area contributed by atoms with Gasteiger partial charge in [0.05, 0.1) is 25.6 Å². The summed E-state index contributed by atoms with van der Waals surface area (Å²) in [5.41, 5.74) is 0.969. The lowest BCUT2D eigenvalue weighted by Gasteiger charge is -2.20. The lowest BCUT2D eigenvalue weighted by atomic mass is 9.94. The topological polar surface area (TPSA) is 103 Å². The summed E-state index contributed by atoms with van der Waals surface area (Å²) in [7, 11) is -0.473. The third-order valence-corrected chi connectivity index (χ3v) is 6.53. The van der Waals surface area contributed by atoms with Crippen LogP contribution < -0.4 is 5.32 Å². The number of hydrogen-bond acceptors (Lipinski definition) is 6. The van der Waals surface area contributed by atoms with Crippen LogP contribution in [-0.2, 0) is 31.3 Å². The number of benzene rings is 1. The summed E-state index contributed by atoms with van der Waals surface area (Å²) in [6, 6.07) is 9.22. The molecule has 1 saturated heterocycles. The molecule has 0 spiro atoms. The number of nitrogens with one attached hydrogen (secondary N) is 1. The average molecular weight is 423 g/mol. The van der Waals surface area contributed by atoms with Crippen LogP contribution in [0.25, 0.3) is 0 Å². The van der Waals surface area contributed by atoms with Gasteiger partial charge in [0, 0.05) is 39.4 Å².